The molecule has 0 spiro atoms. The lowest BCUT2D eigenvalue weighted by Crippen LogP contribution is -2.43. The third-order valence-corrected chi connectivity index (χ3v) is 8.19. The number of Topliss-reactive ketones (excluding diaryl/α,β-unsaturated/α-hetero) is 2. The molecule has 0 atom stereocenters. The summed E-state index contributed by atoms with van der Waals surface area (Å²) < 4.78 is 7.27. The summed E-state index contributed by atoms with van der Waals surface area (Å²) in [4.78, 5) is 29.7. The van der Waals surface area contributed by atoms with Crippen molar-refractivity contribution >= 4 is 27.5 Å². The fourth-order valence-corrected chi connectivity index (χ4v) is 6.47. The Morgan fingerprint density at radius 1 is 0.861 bits per heavy atom. The number of ketones is 2. The molecule has 3 aliphatic rings. The van der Waals surface area contributed by atoms with Crippen LogP contribution in [0.3, 0.4) is 0 Å². The van der Waals surface area contributed by atoms with E-state index in [0.717, 1.165) is 51.0 Å². The molecule has 0 N–H and O–H groups in total. The normalized spacial score (nSPS) is 21.4. The fourth-order valence-electron chi connectivity index (χ4n) is 6.09. The van der Waals surface area contributed by atoms with Gasteiger partial charge in [0.05, 0.1) is 0 Å². The van der Waals surface area contributed by atoms with Crippen LogP contribution in [-0.2, 0) is 16.2 Å². The molecule has 0 radical (unpaired) electrons. The quantitative estimate of drug-likeness (QED) is 0.401. The second-order valence-corrected chi connectivity index (χ2v) is 13.0. The lowest BCUT2D eigenvalue weighted by molar-refractivity contribution is -0.119. The topological polar surface area (TPSA) is 46.6 Å². The Hall–Kier alpha value is -2.66. The Morgan fingerprint density at radius 2 is 1.42 bits per heavy atom. The first-order valence-electron chi connectivity index (χ1n) is 12.7. The molecule has 2 aromatic carbocycles. The summed E-state index contributed by atoms with van der Waals surface area (Å²) in [7, 11) is 2.04. The highest BCUT2D eigenvalue weighted by Gasteiger charge is 2.48. The maximum absolute atomic E-state index is 13.8. The van der Waals surface area contributed by atoms with E-state index in [2.05, 4.69) is 48.5 Å². The number of carbonyl (C=O) groups is 2. The van der Waals surface area contributed by atoms with E-state index < -0.39 is 5.92 Å². The first-order chi connectivity index (χ1) is 17.0. The lowest BCUT2D eigenvalue weighted by Gasteiger charge is -2.48. The molecule has 4 nitrogen and oxygen atoms in total. The largest absolute Gasteiger partial charge is 0.489 e. The molecule has 2 aromatic rings. The number of carbonyl (C=O) groups excluding carboxylic acids is 2. The number of ether oxygens (including phenoxy) is 1. The third kappa shape index (κ3) is 4.58. The summed E-state index contributed by atoms with van der Waals surface area (Å²) in [6, 6.07) is 16.0. The van der Waals surface area contributed by atoms with Gasteiger partial charge in [-0.25, -0.2) is 0 Å². The van der Waals surface area contributed by atoms with Crippen LogP contribution in [0.25, 0.3) is 0 Å². The molecule has 0 aromatic heterocycles. The third-order valence-electron chi connectivity index (χ3n) is 7.70. The minimum absolute atomic E-state index is 0.120. The number of hydrogen-bond acceptors (Lipinski definition) is 4. The van der Waals surface area contributed by atoms with Gasteiger partial charge >= 0.3 is 0 Å². The molecule has 1 heterocycles. The monoisotopic (exact) mass is 547 g/mol. The van der Waals surface area contributed by atoms with Crippen LogP contribution >= 0.6 is 15.9 Å². The van der Waals surface area contributed by atoms with Crippen LogP contribution in [0.2, 0.25) is 0 Å². The van der Waals surface area contributed by atoms with Gasteiger partial charge in [-0.2, -0.15) is 0 Å². The van der Waals surface area contributed by atoms with Crippen LogP contribution in [0.5, 0.6) is 5.75 Å². The predicted octanol–water partition coefficient (Wildman–Crippen LogP) is 7.34. The Kier molecular flexibility index (Phi) is 6.27. The zero-order chi connectivity index (χ0) is 25.8. The first-order valence-corrected chi connectivity index (χ1v) is 13.5. The fraction of sp³-hybridized carbons (Fsp3) is 0.419. The van der Waals surface area contributed by atoms with E-state index in [9.17, 15) is 9.59 Å². The molecule has 0 fully saturated rings. The van der Waals surface area contributed by atoms with E-state index in [0.29, 0.717) is 25.2 Å². The maximum atomic E-state index is 13.8. The van der Waals surface area contributed by atoms with Crippen LogP contribution < -0.4 is 4.74 Å². The molecular weight excluding hydrogens is 514 g/mol. The number of rotatable bonds is 4. The van der Waals surface area contributed by atoms with Gasteiger partial charge in [-0.1, -0.05) is 74.0 Å². The molecule has 5 heteroatoms. The Labute approximate surface area is 222 Å². The SMILES string of the molecule is CN1C2=C(C(=O)CC(C)(C)C2)C(c2cc(Br)ccc2OCc2ccccc2)C2=C1CC(C)(C)CC2=O. The minimum Gasteiger partial charge on any atom is -0.489 e. The van der Waals surface area contributed by atoms with Crippen molar-refractivity contribution in [3.05, 3.63) is 86.7 Å². The van der Waals surface area contributed by atoms with Crippen LogP contribution in [0.4, 0.5) is 0 Å². The van der Waals surface area contributed by atoms with Crippen molar-refractivity contribution < 1.29 is 14.3 Å². The van der Waals surface area contributed by atoms with Crippen molar-refractivity contribution in [3.63, 3.8) is 0 Å². The van der Waals surface area contributed by atoms with Crippen molar-refractivity contribution in [2.75, 3.05) is 7.05 Å². The number of nitrogens with zero attached hydrogens (tertiary/aromatic N) is 1. The number of benzene rings is 2. The highest BCUT2D eigenvalue weighted by atomic mass is 79.9. The van der Waals surface area contributed by atoms with Gasteiger partial charge in [-0.3, -0.25) is 9.59 Å². The summed E-state index contributed by atoms with van der Waals surface area (Å²) in [5.41, 5.74) is 5.36. The molecule has 2 aliphatic carbocycles. The zero-order valence-electron chi connectivity index (χ0n) is 21.8. The van der Waals surface area contributed by atoms with E-state index in [1.807, 2.05) is 55.6 Å². The standard InChI is InChI=1S/C31H34BrNO3/c1-30(2)14-22-28(24(34)16-30)27(29-23(33(22)5)15-31(3,4)17-25(29)35)21-13-20(32)11-12-26(21)36-18-19-9-7-6-8-10-19/h6-13,27H,14-18H2,1-5H3. The van der Waals surface area contributed by atoms with Gasteiger partial charge < -0.3 is 9.64 Å². The summed E-state index contributed by atoms with van der Waals surface area (Å²) in [5.74, 6) is 0.569. The molecule has 36 heavy (non-hydrogen) atoms. The lowest BCUT2D eigenvalue weighted by atomic mass is 9.63. The predicted molar refractivity (Wildman–Crippen MR) is 146 cm³/mol. The van der Waals surface area contributed by atoms with Gasteiger partial charge in [0.1, 0.15) is 12.4 Å². The highest BCUT2D eigenvalue weighted by Crippen LogP contribution is 2.55. The van der Waals surface area contributed by atoms with E-state index in [1.165, 1.54) is 0 Å². The molecule has 0 unspecified atom stereocenters. The Balaban J connectivity index is 1.69. The van der Waals surface area contributed by atoms with Crippen LogP contribution in [0, 0.1) is 10.8 Å². The van der Waals surface area contributed by atoms with Gasteiger partial charge in [0, 0.05) is 58.4 Å². The molecule has 0 saturated heterocycles. The van der Waals surface area contributed by atoms with Crippen molar-refractivity contribution in [3.8, 4) is 5.75 Å². The minimum atomic E-state index is -0.415. The van der Waals surface area contributed by atoms with E-state index >= 15 is 0 Å². The average Bonchev–Trinajstić information content (AvgIpc) is 2.79. The van der Waals surface area contributed by atoms with Crippen molar-refractivity contribution in [2.24, 2.45) is 10.8 Å². The maximum Gasteiger partial charge on any atom is 0.162 e. The molecule has 1 aliphatic heterocycles. The summed E-state index contributed by atoms with van der Waals surface area (Å²) in [6.45, 7) is 9.05. The second kappa shape index (κ2) is 9.02. The van der Waals surface area contributed by atoms with Gasteiger partial charge in [0.25, 0.3) is 0 Å². The molecular formula is C31H34BrNO3. The zero-order valence-corrected chi connectivity index (χ0v) is 23.4. The second-order valence-electron chi connectivity index (χ2n) is 12.1. The van der Waals surface area contributed by atoms with Crippen LogP contribution in [0.1, 0.15) is 70.4 Å². The van der Waals surface area contributed by atoms with E-state index in [-0.39, 0.29) is 22.4 Å². The number of halogens is 1. The molecule has 0 saturated carbocycles. The van der Waals surface area contributed by atoms with E-state index in [1.54, 1.807) is 0 Å². The molecule has 0 amide bonds. The summed E-state index contributed by atoms with van der Waals surface area (Å²) in [6.07, 6.45) is 2.57. The molecule has 188 valence electrons. The average molecular weight is 549 g/mol. The van der Waals surface area contributed by atoms with Gasteiger partial charge in [0.2, 0.25) is 0 Å². The van der Waals surface area contributed by atoms with Crippen LogP contribution in [-0.4, -0.2) is 23.5 Å². The van der Waals surface area contributed by atoms with Gasteiger partial charge in [0.15, 0.2) is 11.6 Å². The summed E-state index contributed by atoms with van der Waals surface area (Å²) >= 11 is 3.65. The van der Waals surface area contributed by atoms with Gasteiger partial charge in [-0.05, 0) is 47.4 Å². The van der Waals surface area contributed by atoms with Crippen molar-refractivity contribution in [2.45, 2.75) is 65.9 Å². The van der Waals surface area contributed by atoms with E-state index in [4.69, 9.17) is 4.74 Å². The van der Waals surface area contributed by atoms with Crippen molar-refractivity contribution in [1.29, 1.82) is 0 Å². The van der Waals surface area contributed by atoms with Crippen LogP contribution in [0.15, 0.2) is 75.5 Å². The summed E-state index contributed by atoms with van der Waals surface area (Å²) in [5, 5.41) is 0. The molecule has 0 bridgehead atoms. The first kappa shape index (κ1) is 25.0. The number of allylic oxidation sites excluding steroid dienone is 4. The Morgan fingerprint density at radius 3 is 1.97 bits per heavy atom. The number of hydrogen-bond donors (Lipinski definition) is 0. The Bertz CT molecular complexity index is 1250. The molecule has 5 rings (SSSR count). The van der Waals surface area contributed by atoms with Gasteiger partial charge in [-0.15, -0.1) is 0 Å². The van der Waals surface area contributed by atoms with Crippen molar-refractivity contribution in [1.82, 2.24) is 4.90 Å². The highest BCUT2D eigenvalue weighted by molar-refractivity contribution is 9.10. The smallest absolute Gasteiger partial charge is 0.162 e.